The first-order chi connectivity index (χ1) is 13.5. The minimum atomic E-state index is -0.0778. The van der Waals surface area contributed by atoms with Crippen LogP contribution in [0.25, 0.3) is 5.65 Å². The fraction of sp³-hybridized carbons (Fsp3) is 0.550. The highest BCUT2D eigenvalue weighted by atomic mass is 35.5. The number of imidazole rings is 1. The quantitative estimate of drug-likeness (QED) is 0.830. The van der Waals surface area contributed by atoms with Gasteiger partial charge in [-0.1, -0.05) is 30.9 Å². The molecule has 0 unspecified atom stereocenters. The summed E-state index contributed by atoms with van der Waals surface area (Å²) in [5.74, 6) is -0.115. The van der Waals surface area contributed by atoms with Crippen LogP contribution in [0.15, 0.2) is 18.3 Å². The molecule has 3 rings (SSSR count). The number of carbonyl (C=O) groups is 2. The molecule has 1 aliphatic heterocycles. The molecule has 0 radical (unpaired) electrons. The molecule has 0 bridgehead atoms. The fourth-order valence-corrected chi connectivity index (χ4v) is 3.79. The number of carbonyl (C=O) groups excluding carboxylic acids is 2. The SMILES string of the molecule is CNC(=O)CN(C)Cc1c(C(=O)N2CCCCCCC2)nc2ccc(Cl)cn12. The van der Waals surface area contributed by atoms with E-state index >= 15 is 0 Å². The highest BCUT2D eigenvalue weighted by Crippen LogP contribution is 2.21. The molecule has 1 aliphatic rings. The summed E-state index contributed by atoms with van der Waals surface area (Å²) in [6, 6.07) is 3.58. The number of likely N-dealkylation sites (N-methyl/N-ethyl adjacent to an activating group) is 2. The van der Waals surface area contributed by atoms with Crippen molar-refractivity contribution in [1.29, 1.82) is 0 Å². The van der Waals surface area contributed by atoms with Crippen LogP contribution in [0.4, 0.5) is 0 Å². The lowest BCUT2D eigenvalue weighted by molar-refractivity contribution is -0.121. The third-order valence-corrected chi connectivity index (χ3v) is 5.36. The minimum absolute atomic E-state index is 0.0370. The normalized spacial score (nSPS) is 15.5. The molecular formula is C20H28ClN5O2. The molecule has 7 nitrogen and oxygen atoms in total. The number of rotatable bonds is 5. The first-order valence-electron chi connectivity index (χ1n) is 9.84. The summed E-state index contributed by atoms with van der Waals surface area (Å²) in [6.07, 6.45) is 7.38. The van der Waals surface area contributed by atoms with Crippen LogP contribution in [0.5, 0.6) is 0 Å². The van der Waals surface area contributed by atoms with Gasteiger partial charge in [0.1, 0.15) is 5.65 Å². The van der Waals surface area contributed by atoms with E-state index in [4.69, 9.17) is 11.6 Å². The van der Waals surface area contributed by atoms with Gasteiger partial charge >= 0.3 is 0 Å². The second kappa shape index (κ2) is 9.39. The van der Waals surface area contributed by atoms with Crippen LogP contribution in [0.3, 0.4) is 0 Å². The lowest BCUT2D eigenvalue weighted by Crippen LogP contribution is -2.36. The van der Waals surface area contributed by atoms with Crippen molar-refractivity contribution in [3.05, 3.63) is 34.7 Å². The van der Waals surface area contributed by atoms with E-state index in [1.165, 1.54) is 6.42 Å². The van der Waals surface area contributed by atoms with Crippen LogP contribution >= 0.6 is 11.6 Å². The van der Waals surface area contributed by atoms with Crippen LogP contribution in [0, 0.1) is 0 Å². The number of amides is 2. The van der Waals surface area contributed by atoms with Crippen molar-refractivity contribution < 1.29 is 9.59 Å². The van der Waals surface area contributed by atoms with E-state index in [1.54, 1.807) is 19.3 Å². The monoisotopic (exact) mass is 405 g/mol. The van der Waals surface area contributed by atoms with Gasteiger partial charge in [0.15, 0.2) is 5.69 Å². The summed E-state index contributed by atoms with van der Waals surface area (Å²) < 4.78 is 1.86. The molecule has 8 heteroatoms. The lowest BCUT2D eigenvalue weighted by Gasteiger charge is -2.25. The number of pyridine rings is 1. The summed E-state index contributed by atoms with van der Waals surface area (Å²) in [4.78, 5) is 33.5. The summed E-state index contributed by atoms with van der Waals surface area (Å²) in [6.45, 7) is 2.19. The molecule has 2 aromatic rings. The van der Waals surface area contributed by atoms with Crippen molar-refractivity contribution in [2.45, 2.75) is 38.6 Å². The zero-order chi connectivity index (χ0) is 20.1. The maximum Gasteiger partial charge on any atom is 0.274 e. The van der Waals surface area contributed by atoms with Gasteiger partial charge in [0.2, 0.25) is 5.91 Å². The van der Waals surface area contributed by atoms with Crippen molar-refractivity contribution in [3.8, 4) is 0 Å². The number of fused-ring (bicyclic) bond motifs is 1. The van der Waals surface area contributed by atoms with E-state index in [9.17, 15) is 9.59 Å². The summed E-state index contributed by atoms with van der Waals surface area (Å²) >= 11 is 6.19. The van der Waals surface area contributed by atoms with E-state index in [-0.39, 0.29) is 18.4 Å². The van der Waals surface area contributed by atoms with Gasteiger partial charge in [-0.2, -0.15) is 0 Å². The number of nitrogens with zero attached hydrogens (tertiary/aromatic N) is 4. The van der Waals surface area contributed by atoms with Crippen LogP contribution in [-0.4, -0.2) is 64.7 Å². The molecule has 0 aliphatic carbocycles. The number of aromatic nitrogens is 2. The Hall–Kier alpha value is -2.12. The molecule has 0 saturated carbocycles. The van der Waals surface area contributed by atoms with Gasteiger partial charge in [-0.3, -0.25) is 14.5 Å². The minimum Gasteiger partial charge on any atom is -0.358 e. The first kappa shape index (κ1) is 20.6. The fourth-order valence-electron chi connectivity index (χ4n) is 3.63. The summed E-state index contributed by atoms with van der Waals surface area (Å²) in [5, 5.41) is 3.20. The number of nitrogens with one attached hydrogen (secondary N) is 1. The average Bonchev–Trinajstić information content (AvgIpc) is 2.98. The molecule has 0 aromatic carbocycles. The van der Waals surface area contributed by atoms with Crippen LogP contribution in [0.2, 0.25) is 5.02 Å². The number of hydrogen-bond donors (Lipinski definition) is 1. The Labute approximate surface area is 170 Å². The Morgan fingerprint density at radius 3 is 2.54 bits per heavy atom. The van der Waals surface area contributed by atoms with Crippen LogP contribution in [-0.2, 0) is 11.3 Å². The van der Waals surface area contributed by atoms with E-state index in [0.717, 1.165) is 44.5 Å². The highest BCUT2D eigenvalue weighted by molar-refractivity contribution is 6.30. The Bertz CT molecular complexity index is 842. The summed E-state index contributed by atoms with van der Waals surface area (Å²) in [5.41, 5.74) is 1.89. The van der Waals surface area contributed by atoms with Crippen molar-refractivity contribution in [2.24, 2.45) is 0 Å². The molecule has 1 N–H and O–H groups in total. The van der Waals surface area contributed by atoms with E-state index in [0.29, 0.717) is 22.9 Å². The Morgan fingerprint density at radius 1 is 1.18 bits per heavy atom. The van der Waals surface area contributed by atoms with Crippen molar-refractivity contribution in [2.75, 3.05) is 33.7 Å². The Kier molecular flexibility index (Phi) is 6.91. The van der Waals surface area contributed by atoms with Crippen molar-refractivity contribution in [1.82, 2.24) is 24.5 Å². The standard InChI is InChI=1S/C20H28ClN5O2/c1-22-18(27)14-24(2)13-16-19(23-17-9-8-15(21)12-26(16)17)20(28)25-10-6-4-3-5-7-11-25/h8-9,12H,3-7,10-11,13-14H2,1-2H3,(H,22,27). The van der Waals surface area contributed by atoms with Crippen molar-refractivity contribution >= 4 is 29.1 Å². The van der Waals surface area contributed by atoms with Gasteiger partial charge < -0.3 is 14.6 Å². The lowest BCUT2D eigenvalue weighted by atomic mass is 10.1. The van der Waals surface area contributed by atoms with E-state index < -0.39 is 0 Å². The maximum absolute atomic E-state index is 13.3. The molecule has 3 heterocycles. The topological polar surface area (TPSA) is 70.0 Å². The molecule has 0 spiro atoms. The first-order valence-corrected chi connectivity index (χ1v) is 10.2. The van der Waals surface area contributed by atoms with Crippen LogP contribution < -0.4 is 5.32 Å². The molecular weight excluding hydrogens is 378 g/mol. The highest BCUT2D eigenvalue weighted by Gasteiger charge is 2.25. The zero-order valence-electron chi connectivity index (χ0n) is 16.6. The van der Waals surface area contributed by atoms with Crippen LogP contribution in [0.1, 0.15) is 48.3 Å². The van der Waals surface area contributed by atoms with Gasteiger partial charge in [0, 0.05) is 32.9 Å². The van der Waals surface area contributed by atoms with Gasteiger partial charge in [-0.25, -0.2) is 4.98 Å². The average molecular weight is 406 g/mol. The molecule has 1 saturated heterocycles. The second-order valence-corrected chi connectivity index (χ2v) is 7.82. The van der Waals surface area contributed by atoms with E-state index in [2.05, 4.69) is 10.3 Å². The maximum atomic E-state index is 13.3. The van der Waals surface area contributed by atoms with Gasteiger partial charge in [0.25, 0.3) is 5.91 Å². The smallest absolute Gasteiger partial charge is 0.274 e. The predicted octanol–water partition coefficient (Wildman–Crippen LogP) is 2.57. The zero-order valence-corrected chi connectivity index (χ0v) is 17.3. The number of likely N-dealkylation sites (tertiary alicyclic amines) is 1. The molecule has 0 atom stereocenters. The molecule has 152 valence electrons. The molecule has 2 amide bonds. The van der Waals surface area contributed by atoms with Gasteiger partial charge in [-0.15, -0.1) is 0 Å². The third kappa shape index (κ3) is 4.83. The summed E-state index contributed by atoms with van der Waals surface area (Å²) in [7, 11) is 3.46. The van der Waals surface area contributed by atoms with E-state index in [1.807, 2.05) is 27.3 Å². The predicted molar refractivity (Wildman–Crippen MR) is 110 cm³/mol. The van der Waals surface area contributed by atoms with Crippen molar-refractivity contribution in [3.63, 3.8) is 0 Å². The van der Waals surface area contributed by atoms with Gasteiger partial charge in [0.05, 0.1) is 17.3 Å². The van der Waals surface area contributed by atoms with Gasteiger partial charge in [-0.05, 0) is 32.0 Å². The molecule has 1 fully saturated rings. The Morgan fingerprint density at radius 2 is 1.86 bits per heavy atom. The molecule has 2 aromatic heterocycles. The molecule has 28 heavy (non-hydrogen) atoms. The Balaban J connectivity index is 1.93. The second-order valence-electron chi connectivity index (χ2n) is 7.39. The number of halogens is 1. The number of hydrogen-bond acceptors (Lipinski definition) is 4. The third-order valence-electron chi connectivity index (χ3n) is 5.14. The largest absolute Gasteiger partial charge is 0.358 e.